The van der Waals surface area contributed by atoms with Crippen LogP contribution in [0, 0.1) is 13.8 Å². The summed E-state index contributed by atoms with van der Waals surface area (Å²) >= 11 is 0. The van der Waals surface area contributed by atoms with Crippen molar-refractivity contribution in [1.29, 1.82) is 0 Å². The molecule has 10 nitrogen and oxygen atoms in total. The summed E-state index contributed by atoms with van der Waals surface area (Å²) in [6, 6.07) is 2.22. The van der Waals surface area contributed by atoms with Gasteiger partial charge >= 0.3 is 0 Å². The first-order valence-corrected chi connectivity index (χ1v) is 13.7. The minimum absolute atomic E-state index is 0.0480. The lowest BCUT2D eigenvalue weighted by Crippen LogP contribution is -2.44. The van der Waals surface area contributed by atoms with E-state index in [1.54, 1.807) is 44.7 Å². The molecule has 1 aliphatic heterocycles. The molecule has 1 fully saturated rings. The first-order valence-electron chi connectivity index (χ1n) is 10.4. The third-order valence-electron chi connectivity index (χ3n) is 5.88. The first kappa shape index (κ1) is 24.5. The highest BCUT2D eigenvalue weighted by Crippen LogP contribution is 2.28. The molecule has 12 heteroatoms. The zero-order chi connectivity index (χ0) is 23.8. The van der Waals surface area contributed by atoms with Crippen molar-refractivity contribution in [2.45, 2.75) is 57.6 Å². The molecule has 1 amide bonds. The second kappa shape index (κ2) is 8.99. The number of amides is 1. The molecule has 0 N–H and O–H groups in total. The average molecular weight is 487 g/mol. The lowest BCUT2D eigenvalue weighted by Gasteiger charge is -2.30. The van der Waals surface area contributed by atoms with Gasteiger partial charge < -0.3 is 9.32 Å². The second-order valence-electron chi connectivity index (χ2n) is 8.14. The van der Waals surface area contributed by atoms with Gasteiger partial charge in [0, 0.05) is 19.6 Å². The molecule has 2 aromatic rings. The number of nitrogens with zero attached hydrogens (tertiary/aromatic N) is 4. The van der Waals surface area contributed by atoms with E-state index in [0.717, 1.165) is 0 Å². The summed E-state index contributed by atoms with van der Waals surface area (Å²) in [4.78, 5) is 14.9. The maximum atomic E-state index is 13.2. The predicted molar refractivity (Wildman–Crippen MR) is 118 cm³/mol. The Hall–Kier alpha value is -2.18. The molecule has 0 radical (unpaired) electrons. The summed E-state index contributed by atoms with van der Waals surface area (Å²) in [5.41, 5.74) is 0.643. The van der Waals surface area contributed by atoms with Crippen molar-refractivity contribution in [3.63, 3.8) is 0 Å². The van der Waals surface area contributed by atoms with Crippen LogP contribution in [-0.4, -0.2) is 72.9 Å². The van der Waals surface area contributed by atoms with Crippen molar-refractivity contribution in [2.24, 2.45) is 0 Å². The maximum absolute atomic E-state index is 13.2. The van der Waals surface area contributed by atoms with Gasteiger partial charge in [0.25, 0.3) is 0 Å². The molecule has 3 heterocycles. The number of sulfone groups is 1. The number of aryl methyl sites for hydroxylation is 1. The first-order chi connectivity index (χ1) is 14.9. The molecule has 2 atom stereocenters. The zero-order valence-corrected chi connectivity index (χ0v) is 20.6. The standard InChI is InChI=1S/C20H30N4O6S2/c1-6-23(17-9-11-31(26,27)13-17)20(25)16(4)24-15(3)19(14(2)21-24)32(28,29)22(5)12-18-8-7-10-30-18/h7-8,10,16-17H,6,9,11-13H2,1-5H3/t16-,17+/m0/s1. The topological polar surface area (TPSA) is 123 Å². The molecule has 0 aromatic carbocycles. The van der Waals surface area contributed by atoms with Gasteiger partial charge in [-0.15, -0.1) is 0 Å². The highest BCUT2D eigenvalue weighted by atomic mass is 32.2. The summed E-state index contributed by atoms with van der Waals surface area (Å²) in [5.74, 6) is 0.244. The van der Waals surface area contributed by atoms with E-state index in [1.807, 2.05) is 0 Å². The average Bonchev–Trinajstić information content (AvgIpc) is 3.41. The van der Waals surface area contributed by atoms with Gasteiger partial charge in [0.15, 0.2) is 9.84 Å². The maximum Gasteiger partial charge on any atom is 0.247 e. The van der Waals surface area contributed by atoms with Crippen LogP contribution in [0.3, 0.4) is 0 Å². The fourth-order valence-electron chi connectivity index (χ4n) is 4.22. The Morgan fingerprint density at radius 1 is 1.38 bits per heavy atom. The van der Waals surface area contributed by atoms with Crippen LogP contribution in [0.5, 0.6) is 0 Å². The summed E-state index contributed by atoms with van der Waals surface area (Å²) < 4.78 is 58.1. The molecule has 0 saturated carbocycles. The Labute approximate surface area is 189 Å². The second-order valence-corrected chi connectivity index (χ2v) is 12.4. The Morgan fingerprint density at radius 3 is 2.59 bits per heavy atom. The van der Waals surface area contributed by atoms with Crippen LogP contribution in [0.25, 0.3) is 0 Å². The van der Waals surface area contributed by atoms with Crippen LogP contribution in [-0.2, 0) is 31.2 Å². The molecule has 1 saturated heterocycles. The number of likely N-dealkylation sites (N-methyl/N-ethyl adjacent to an activating group) is 1. The Balaban J connectivity index is 1.88. The van der Waals surface area contributed by atoms with Crippen LogP contribution in [0.4, 0.5) is 0 Å². The van der Waals surface area contributed by atoms with Crippen LogP contribution in [0.15, 0.2) is 27.7 Å². The smallest absolute Gasteiger partial charge is 0.247 e. The van der Waals surface area contributed by atoms with Crippen molar-refractivity contribution in [3.05, 3.63) is 35.5 Å². The Morgan fingerprint density at radius 2 is 2.06 bits per heavy atom. The van der Waals surface area contributed by atoms with Gasteiger partial charge in [-0.2, -0.15) is 9.40 Å². The van der Waals surface area contributed by atoms with Gasteiger partial charge in [-0.05, 0) is 46.2 Å². The fraction of sp³-hybridized carbons (Fsp3) is 0.600. The van der Waals surface area contributed by atoms with Crippen molar-refractivity contribution in [1.82, 2.24) is 19.0 Å². The van der Waals surface area contributed by atoms with Gasteiger partial charge in [-0.25, -0.2) is 16.8 Å². The van der Waals surface area contributed by atoms with Gasteiger partial charge in [0.05, 0.1) is 35.7 Å². The normalized spacial score (nSPS) is 19.4. The van der Waals surface area contributed by atoms with E-state index in [4.69, 9.17) is 4.42 Å². The van der Waals surface area contributed by atoms with Gasteiger partial charge in [-0.1, -0.05) is 0 Å². The third-order valence-corrected chi connectivity index (χ3v) is 9.69. The van der Waals surface area contributed by atoms with Crippen molar-refractivity contribution in [3.8, 4) is 0 Å². The van der Waals surface area contributed by atoms with E-state index in [9.17, 15) is 21.6 Å². The van der Waals surface area contributed by atoms with Crippen molar-refractivity contribution < 1.29 is 26.0 Å². The Kier molecular flexibility index (Phi) is 6.87. The predicted octanol–water partition coefficient (Wildman–Crippen LogP) is 1.51. The van der Waals surface area contributed by atoms with E-state index in [2.05, 4.69) is 5.10 Å². The van der Waals surface area contributed by atoms with Gasteiger partial charge in [0.2, 0.25) is 15.9 Å². The number of hydrogen-bond donors (Lipinski definition) is 0. The number of carbonyl (C=O) groups is 1. The number of hydrogen-bond acceptors (Lipinski definition) is 7. The summed E-state index contributed by atoms with van der Waals surface area (Å²) in [7, 11) is -5.57. The zero-order valence-electron chi connectivity index (χ0n) is 19.0. The summed E-state index contributed by atoms with van der Waals surface area (Å²) in [6.07, 6.45) is 1.88. The molecule has 2 aromatic heterocycles. The number of sulfonamides is 1. The van der Waals surface area contributed by atoms with E-state index in [-0.39, 0.29) is 34.9 Å². The summed E-state index contributed by atoms with van der Waals surface area (Å²) in [6.45, 7) is 7.09. The number of furan rings is 1. The molecule has 1 aliphatic rings. The molecule has 0 spiro atoms. The van der Waals surface area contributed by atoms with Crippen LogP contribution in [0.2, 0.25) is 0 Å². The molecule has 178 valence electrons. The molecule has 0 unspecified atom stereocenters. The fourth-order valence-corrected chi connectivity index (χ4v) is 7.44. The molecule has 0 bridgehead atoms. The van der Waals surface area contributed by atoms with E-state index in [1.165, 1.54) is 22.3 Å². The highest BCUT2D eigenvalue weighted by molar-refractivity contribution is 7.91. The quantitative estimate of drug-likeness (QED) is 0.554. The lowest BCUT2D eigenvalue weighted by molar-refractivity contribution is -0.136. The van der Waals surface area contributed by atoms with E-state index < -0.39 is 25.9 Å². The van der Waals surface area contributed by atoms with Crippen LogP contribution >= 0.6 is 0 Å². The molecule has 3 rings (SSSR count). The van der Waals surface area contributed by atoms with Gasteiger partial charge in [-0.3, -0.25) is 9.48 Å². The number of carbonyl (C=O) groups excluding carboxylic acids is 1. The van der Waals surface area contributed by atoms with Gasteiger partial charge in [0.1, 0.15) is 16.7 Å². The number of aromatic nitrogens is 2. The minimum atomic E-state index is -3.89. The molecule has 0 aliphatic carbocycles. The van der Waals surface area contributed by atoms with Crippen LogP contribution < -0.4 is 0 Å². The monoisotopic (exact) mass is 486 g/mol. The largest absolute Gasteiger partial charge is 0.468 e. The lowest BCUT2D eigenvalue weighted by atomic mass is 10.2. The molecular formula is C20H30N4O6S2. The van der Waals surface area contributed by atoms with E-state index >= 15 is 0 Å². The highest BCUT2D eigenvalue weighted by Gasteiger charge is 2.37. The summed E-state index contributed by atoms with van der Waals surface area (Å²) in [5, 5.41) is 4.37. The van der Waals surface area contributed by atoms with Crippen molar-refractivity contribution in [2.75, 3.05) is 25.1 Å². The third kappa shape index (κ3) is 4.62. The molecular weight excluding hydrogens is 456 g/mol. The number of rotatable bonds is 8. The van der Waals surface area contributed by atoms with E-state index in [0.29, 0.717) is 30.1 Å². The SMILES string of the molecule is CCN(C(=O)[C@H](C)n1nc(C)c(S(=O)(=O)N(C)Cc2ccco2)c1C)[C@@H]1CCS(=O)(=O)C1. The Bertz CT molecular complexity index is 1190. The van der Waals surface area contributed by atoms with Crippen LogP contribution in [0.1, 0.15) is 43.5 Å². The minimum Gasteiger partial charge on any atom is -0.468 e. The van der Waals surface area contributed by atoms with Crippen molar-refractivity contribution >= 4 is 25.8 Å². The molecule has 32 heavy (non-hydrogen) atoms.